The number of hydrogen-bond donors (Lipinski definition) is 1. The molecule has 46 heavy (non-hydrogen) atoms. The molecule has 7 aromatic rings. The number of aromatic nitrogens is 1. The molecule has 0 fully saturated rings. The van der Waals surface area contributed by atoms with Crippen molar-refractivity contribution in [1.29, 1.82) is 0 Å². The molecule has 1 aromatic heterocycles. The highest BCUT2D eigenvalue weighted by Gasteiger charge is 2.36. The van der Waals surface area contributed by atoms with Crippen LogP contribution in [0, 0.1) is 0 Å². The molecule has 1 aliphatic heterocycles. The summed E-state index contributed by atoms with van der Waals surface area (Å²) in [6.07, 6.45) is 4.19. The summed E-state index contributed by atoms with van der Waals surface area (Å²) in [6, 6.07) is 50.4. The van der Waals surface area contributed by atoms with Crippen LogP contribution in [0.3, 0.4) is 0 Å². The predicted octanol–water partition coefficient (Wildman–Crippen LogP) is 10.5. The van der Waals surface area contributed by atoms with Gasteiger partial charge in [-0.15, -0.1) is 0 Å². The molecule has 1 unspecified atom stereocenters. The molecule has 0 saturated carbocycles. The lowest BCUT2D eigenvalue weighted by molar-refractivity contribution is 0.661. The van der Waals surface area contributed by atoms with E-state index in [-0.39, 0.29) is 11.5 Å². The van der Waals surface area contributed by atoms with Crippen molar-refractivity contribution < 1.29 is 0 Å². The van der Waals surface area contributed by atoms with Crippen LogP contribution in [-0.4, -0.2) is 10.5 Å². The van der Waals surface area contributed by atoms with Crippen LogP contribution in [0.5, 0.6) is 0 Å². The molecule has 6 aromatic carbocycles. The summed E-state index contributed by atoms with van der Waals surface area (Å²) in [6.45, 7) is 4.68. The van der Waals surface area contributed by atoms with E-state index in [1.165, 1.54) is 60.8 Å². The van der Waals surface area contributed by atoms with Crippen LogP contribution in [0.15, 0.2) is 157 Å². The van der Waals surface area contributed by atoms with E-state index in [2.05, 4.69) is 169 Å². The van der Waals surface area contributed by atoms with Crippen molar-refractivity contribution in [2.75, 3.05) is 0 Å². The Kier molecular flexibility index (Phi) is 5.91. The number of hydrogen-bond acceptors (Lipinski definition) is 2. The normalized spacial score (nSPS) is 16.2. The Bertz CT molecular complexity index is 2350. The van der Waals surface area contributed by atoms with E-state index in [1.807, 2.05) is 6.20 Å². The van der Waals surface area contributed by atoms with Gasteiger partial charge >= 0.3 is 0 Å². The first-order valence-corrected chi connectivity index (χ1v) is 16.0. The van der Waals surface area contributed by atoms with E-state index in [0.717, 1.165) is 17.0 Å². The Hall–Kier alpha value is -5.67. The first-order chi connectivity index (χ1) is 22.6. The molecular weight excluding hydrogens is 558 g/mol. The zero-order valence-electron chi connectivity index (χ0n) is 25.9. The van der Waals surface area contributed by atoms with E-state index in [9.17, 15) is 0 Å². The molecule has 0 saturated heterocycles. The first kappa shape index (κ1) is 26.7. The largest absolute Gasteiger partial charge is 0.332 e. The van der Waals surface area contributed by atoms with Crippen molar-refractivity contribution in [3.63, 3.8) is 0 Å². The maximum absolute atomic E-state index is 5.33. The minimum absolute atomic E-state index is 0.0780. The maximum atomic E-state index is 5.33. The first-order valence-electron chi connectivity index (χ1n) is 16.0. The van der Waals surface area contributed by atoms with Crippen molar-refractivity contribution in [3.8, 4) is 33.4 Å². The average molecular weight is 592 g/mol. The summed E-state index contributed by atoms with van der Waals surface area (Å²) in [5, 5.41) is 6.00. The third kappa shape index (κ3) is 4.09. The Labute approximate surface area is 269 Å². The van der Waals surface area contributed by atoms with Crippen LogP contribution < -0.4 is 5.32 Å². The fraction of sp³-hybridized carbons (Fsp3) is 0.0930. The third-order valence-electron chi connectivity index (χ3n) is 9.89. The van der Waals surface area contributed by atoms with Crippen molar-refractivity contribution in [2.45, 2.75) is 25.3 Å². The van der Waals surface area contributed by atoms with Gasteiger partial charge in [0.25, 0.3) is 0 Å². The summed E-state index contributed by atoms with van der Waals surface area (Å²) >= 11 is 0. The monoisotopic (exact) mass is 591 g/mol. The third-order valence-corrected chi connectivity index (χ3v) is 9.89. The van der Waals surface area contributed by atoms with Gasteiger partial charge < -0.3 is 5.32 Å². The maximum Gasteiger partial charge on any atom is 0.208 e. The number of nitrogens with zero attached hydrogens (tertiary/aromatic N) is 2. The van der Waals surface area contributed by atoms with E-state index in [4.69, 9.17) is 4.99 Å². The number of rotatable bonds is 3. The van der Waals surface area contributed by atoms with E-state index >= 15 is 0 Å². The second-order valence-corrected chi connectivity index (χ2v) is 12.9. The molecule has 3 heteroatoms. The van der Waals surface area contributed by atoms with Crippen molar-refractivity contribution >= 4 is 27.8 Å². The number of nitrogens with one attached hydrogen (secondary N) is 1. The number of para-hydroxylation sites is 1. The zero-order chi connectivity index (χ0) is 30.8. The summed E-state index contributed by atoms with van der Waals surface area (Å²) in [5.41, 5.74) is 13.7. The predicted molar refractivity (Wildman–Crippen MR) is 192 cm³/mol. The Balaban J connectivity index is 1.13. The molecule has 1 N–H and O–H groups in total. The molecule has 2 aliphatic rings. The molecule has 0 radical (unpaired) electrons. The quantitative estimate of drug-likeness (QED) is 0.218. The van der Waals surface area contributed by atoms with Gasteiger partial charge in [-0.3, -0.25) is 4.57 Å². The van der Waals surface area contributed by atoms with Gasteiger partial charge in [0.2, 0.25) is 5.96 Å². The topological polar surface area (TPSA) is 29.3 Å². The zero-order valence-corrected chi connectivity index (χ0v) is 25.9. The fourth-order valence-corrected chi connectivity index (χ4v) is 7.51. The molecular formula is C43H33N3. The molecule has 9 rings (SSSR count). The fourth-order valence-electron chi connectivity index (χ4n) is 7.51. The van der Waals surface area contributed by atoms with E-state index < -0.39 is 0 Å². The highest BCUT2D eigenvalue weighted by molar-refractivity contribution is 6.15. The van der Waals surface area contributed by atoms with Crippen molar-refractivity contribution in [1.82, 2.24) is 9.88 Å². The van der Waals surface area contributed by atoms with Gasteiger partial charge in [0.05, 0.1) is 17.1 Å². The molecule has 0 spiro atoms. The smallest absolute Gasteiger partial charge is 0.208 e. The molecule has 0 bridgehead atoms. The Morgan fingerprint density at radius 3 is 2.11 bits per heavy atom. The molecule has 0 amide bonds. The lowest BCUT2D eigenvalue weighted by atomic mass is 9.82. The molecule has 2 heterocycles. The summed E-state index contributed by atoms with van der Waals surface area (Å²) < 4.78 is 2.31. The average Bonchev–Trinajstić information content (AvgIpc) is 3.56. The van der Waals surface area contributed by atoms with Crippen LogP contribution in [0.2, 0.25) is 0 Å². The second-order valence-electron chi connectivity index (χ2n) is 12.9. The molecule has 1 atom stereocenters. The van der Waals surface area contributed by atoms with Gasteiger partial charge in [-0.1, -0.05) is 129 Å². The van der Waals surface area contributed by atoms with Gasteiger partial charge in [-0.2, -0.15) is 0 Å². The van der Waals surface area contributed by atoms with E-state index in [0.29, 0.717) is 0 Å². The highest BCUT2D eigenvalue weighted by atomic mass is 15.2. The van der Waals surface area contributed by atoms with Crippen molar-refractivity contribution in [3.05, 3.63) is 168 Å². The minimum Gasteiger partial charge on any atom is -0.332 e. The van der Waals surface area contributed by atoms with Gasteiger partial charge in [-0.25, -0.2) is 4.99 Å². The van der Waals surface area contributed by atoms with Crippen molar-refractivity contribution in [2.24, 2.45) is 4.99 Å². The molecule has 220 valence electrons. The second kappa shape index (κ2) is 10.2. The number of benzene rings is 6. The summed E-state index contributed by atoms with van der Waals surface area (Å²) in [5.74, 6) is 0.838. The summed E-state index contributed by atoms with van der Waals surface area (Å²) in [7, 11) is 0. The molecule has 3 nitrogen and oxygen atoms in total. The van der Waals surface area contributed by atoms with E-state index in [1.54, 1.807) is 0 Å². The van der Waals surface area contributed by atoms with Crippen LogP contribution in [0.1, 0.15) is 36.6 Å². The highest BCUT2D eigenvalue weighted by Crippen LogP contribution is 2.50. The lowest BCUT2D eigenvalue weighted by Gasteiger charge is -2.22. The van der Waals surface area contributed by atoms with Crippen LogP contribution in [0.4, 0.5) is 0 Å². The van der Waals surface area contributed by atoms with Gasteiger partial charge in [-0.05, 0) is 80.4 Å². The molecule has 1 aliphatic carbocycles. The number of fused-ring (bicyclic) bond motifs is 6. The van der Waals surface area contributed by atoms with Gasteiger partial charge in [0, 0.05) is 22.4 Å². The Morgan fingerprint density at radius 1 is 0.565 bits per heavy atom. The van der Waals surface area contributed by atoms with Crippen LogP contribution in [0.25, 0.3) is 55.2 Å². The van der Waals surface area contributed by atoms with Crippen LogP contribution >= 0.6 is 0 Å². The van der Waals surface area contributed by atoms with Gasteiger partial charge in [0.1, 0.15) is 0 Å². The SMILES string of the molecule is CC1(C)c2ccccc2-c2cc3c4ccccc4n(C4=NC(c5cccc(-c6ccc(-c7ccccc7)cc6)c5)C=CN4)c3cc21. The lowest BCUT2D eigenvalue weighted by Crippen LogP contribution is -2.29. The standard InChI is InChI=1S/C43H33N3/c1-43(2)37-17-8-6-15-33(37)35-26-36-34-16-7-9-18-40(34)46(41(36)27-38(35)43)42-44-24-23-39(45-42)32-14-10-13-31(25-32)30-21-19-29(20-22-30)28-11-4-3-5-12-28/h3-27,39H,1-2H3,(H,44,45). The van der Waals surface area contributed by atoms with Crippen LogP contribution in [-0.2, 0) is 5.41 Å². The minimum atomic E-state index is -0.105. The van der Waals surface area contributed by atoms with Gasteiger partial charge in [0.15, 0.2) is 0 Å². The Morgan fingerprint density at radius 2 is 1.26 bits per heavy atom. The summed E-state index contributed by atoms with van der Waals surface area (Å²) in [4.78, 5) is 5.33. The number of aliphatic imine (C=N–C) groups is 1.